The minimum Gasteiger partial charge on any atom is -0.457 e. The van der Waals surface area contributed by atoms with Gasteiger partial charge in [0.05, 0.1) is 0 Å². The molecule has 0 heterocycles. The predicted molar refractivity (Wildman–Crippen MR) is 140 cm³/mol. The van der Waals surface area contributed by atoms with E-state index in [-0.39, 0.29) is 75.2 Å². The number of nitrogens with one attached hydrogen (secondary N) is 2. The van der Waals surface area contributed by atoms with E-state index >= 15 is 0 Å². The number of likely N-dealkylation sites (N-methyl/N-ethyl adjacent to an activating group) is 4. The number of amides is 2. The minimum absolute atomic E-state index is 0. The molecule has 12 N–H and O–H groups in total. The molecule has 0 fully saturated rings. The van der Waals surface area contributed by atoms with Crippen molar-refractivity contribution < 1.29 is 92.2 Å². The number of rotatable bonds is 12. The Morgan fingerprint density at radius 1 is 0.605 bits per heavy atom. The minimum atomic E-state index is -2.08. The third kappa shape index (κ3) is 49.1. The second-order valence-corrected chi connectivity index (χ2v) is 9.56. The van der Waals surface area contributed by atoms with Crippen LogP contribution in [-0.2, 0) is 71.7 Å². The van der Waals surface area contributed by atoms with Gasteiger partial charge in [0.2, 0.25) is 12.6 Å². The van der Waals surface area contributed by atoms with Crippen molar-refractivity contribution in [3.63, 3.8) is 0 Å². The number of hydrogen-bond donors (Lipinski definition) is 6. The molecule has 0 saturated carbocycles. The molecule has 17 heteroatoms. The van der Waals surface area contributed by atoms with E-state index < -0.39 is 29.8 Å². The van der Waals surface area contributed by atoms with E-state index in [1.54, 1.807) is 13.8 Å². The molecule has 0 aromatic heterocycles. The van der Waals surface area contributed by atoms with Crippen molar-refractivity contribution in [1.29, 1.82) is 0 Å². The van der Waals surface area contributed by atoms with Gasteiger partial charge < -0.3 is 61.6 Å². The normalized spacial score (nSPS) is 10.0. The monoisotopic (exact) mass is 709 g/mol. The molecule has 0 saturated heterocycles. The fourth-order valence-electron chi connectivity index (χ4n) is 1.70. The molecule has 14 nitrogen and oxygen atoms in total. The SMILES string of the molecule is CC(C)(CNC(=O)C(O)O)CNC(=O)C(O)O.CN(C)CCN(C)C.CN(C)CCN(C)C.[Cu+2].[Cu+].[Cu+].[OH3+].[OH3+]. The first-order valence-electron chi connectivity index (χ1n) is 10.8. The van der Waals surface area contributed by atoms with Crippen molar-refractivity contribution in [3.05, 3.63) is 0 Å². The van der Waals surface area contributed by atoms with Crippen molar-refractivity contribution >= 4 is 11.8 Å². The maximum atomic E-state index is 10.9. The van der Waals surface area contributed by atoms with Gasteiger partial charge in [-0.3, -0.25) is 9.59 Å². The molecule has 38 heavy (non-hydrogen) atoms. The van der Waals surface area contributed by atoms with Crippen LogP contribution >= 0.6 is 0 Å². The summed E-state index contributed by atoms with van der Waals surface area (Å²) in [6, 6.07) is 0. The molecule has 0 aromatic carbocycles. The van der Waals surface area contributed by atoms with Gasteiger partial charge in [-0.2, -0.15) is 0 Å². The van der Waals surface area contributed by atoms with Gasteiger partial charge in [-0.15, -0.1) is 0 Å². The summed E-state index contributed by atoms with van der Waals surface area (Å²) in [5.74, 6) is -1.88. The van der Waals surface area contributed by atoms with Gasteiger partial charge in [0.25, 0.3) is 11.8 Å². The first-order chi connectivity index (χ1) is 14.9. The zero-order valence-corrected chi connectivity index (χ0v) is 27.2. The molecule has 0 aromatic rings. The fourth-order valence-corrected chi connectivity index (χ4v) is 1.70. The van der Waals surface area contributed by atoms with Crippen LogP contribution in [0, 0.1) is 5.41 Å². The number of aliphatic hydroxyl groups is 4. The van der Waals surface area contributed by atoms with E-state index in [0.29, 0.717) is 0 Å². The van der Waals surface area contributed by atoms with E-state index in [0.717, 1.165) is 26.2 Å². The van der Waals surface area contributed by atoms with Crippen LogP contribution in [0.3, 0.4) is 0 Å². The van der Waals surface area contributed by atoms with E-state index in [1.807, 2.05) is 0 Å². The molecule has 2 amide bonds. The van der Waals surface area contributed by atoms with Gasteiger partial charge >= 0.3 is 51.2 Å². The first-order valence-corrected chi connectivity index (χ1v) is 10.8. The Bertz CT molecular complexity index is 461. The smallest absolute Gasteiger partial charge is 0.457 e. The predicted octanol–water partition coefficient (Wildman–Crippen LogP) is -4.77. The van der Waals surface area contributed by atoms with Gasteiger partial charge in [-0.05, 0) is 61.8 Å². The summed E-state index contributed by atoms with van der Waals surface area (Å²) >= 11 is 0. The molecule has 0 aliphatic heterocycles. The average molecular weight is 711 g/mol. The van der Waals surface area contributed by atoms with Crippen molar-refractivity contribution in [3.8, 4) is 0 Å². The Balaban J connectivity index is -0.0000000614. The molecule has 0 spiro atoms. The standard InChI is InChI=1S/C9H18N2O6.2C6H16N2.3Cu.2H2O/c1-9(2,3-10-5(12)7(14)15)4-11-6(13)8(16)17;2*1-7(2)5-6-8(3)4;;;;;/h7-8,14-17H,3-4H2,1-2H3,(H,10,12)(H,11,13);2*5-6H2,1-4H3;;;;2*1H2/q;;;2*+1;+2;;/p+2. The van der Waals surface area contributed by atoms with E-state index in [2.05, 4.69) is 86.6 Å². The Hall–Kier alpha value is 0.0984. The molecule has 0 bridgehead atoms. The largest absolute Gasteiger partial charge is 2.00 e. The van der Waals surface area contributed by atoms with Crippen LogP contribution in [0.2, 0.25) is 0 Å². The number of hydrogen-bond acceptors (Lipinski definition) is 10. The van der Waals surface area contributed by atoms with Crippen LogP contribution in [0.25, 0.3) is 0 Å². The summed E-state index contributed by atoms with van der Waals surface area (Å²) < 4.78 is 0. The van der Waals surface area contributed by atoms with Crippen molar-refractivity contribution in [1.82, 2.24) is 30.2 Å². The van der Waals surface area contributed by atoms with Crippen LogP contribution in [0.1, 0.15) is 13.8 Å². The average Bonchev–Trinajstić information content (AvgIpc) is 2.68. The molecule has 0 aliphatic rings. The van der Waals surface area contributed by atoms with E-state index in [1.165, 1.54) is 0 Å². The zero-order valence-electron chi connectivity index (χ0n) is 24.4. The van der Waals surface area contributed by atoms with Crippen molar-refractivity contribution in [2.45, 2.75) is 26.4 Å². The maximum absolute atomic E-state index is 10.9. The van der Waals surface area contributed by atoms with Crippen LogP contribution in [0.4, 0.5) is 0 Å². The number of carbonyl (C=O) groups excluding carboxylic acids is 2. The van der Waals surface area contributed by atoms with Gasteiger partial charge in [0.1, 0.15) is 0 Å². The second kappa shape index (κ2) is 33.3. The van der Waals surface area contributed by atoms with E-state index in [4.69, 9.17) is 20.4 Å². The fraction of sp³-hybridized carbons (Fsp3) is 0.905. The Kier molecular flexibility index (Phi) is 50.7. The first kappa shape index (κ1) is 57.9. The Labute approximate surface area is 260 Å². The summed E-state index contributed by atoms with van der Waals surface area (Å²) in [4.78, 5) is 30.4. The molecule has 0 atom stereocenters. The second-order valence-electron chi connectivity index (χ2n) is 9.56. The number of carbonyl (C=O) groups is 2. The Morgan fingerprint density at radius 3 is 0.921 bits per heavy atom. The van der Waals surface area contributed by atoms with Gasteiger partial charge in [0.15, 0.2) is 0 Å². The molecular formula is C21H56Cu3N6O8+6. The molecule has 0 unspecified atom stereocenters. The summed E-state index contributed by atoms with van der Waals surface area (Å²) in [5, 5.41) is 38.6. The van der Waals surface area contributed by atoms with Crippen LogP contribution in [0.5, 0.6) is 0 Å². The molecule has 0 aliphatic carbocycles. The molecular weight excluding hydrogens is 655 g/mol. The quantitative estimate of drug-likeness (QED) is 0.0646. The molecule has 0 rings (SSSR count). The van der Waals surface area contributed by atoms with Crippen LogP contribution < -0.4 is 10.6 Å². The van der Waals surface area contributed by atoms with Crippen LogP contribution in [-0.4, -0.2) is 160 Å². The topological polar surface area (TPSA) is 218 Å². The summed E-state index contributed by atoms with van der Waals surface area (Å²) in [6.07, 6.45) is -4.17. The third-order valence-corrected chi connectivity index (χ3v) is 3.94. The van der Waals surface area contributed by atoms with Crippen molar-refractivity contribution in [2.75, 3.05) is 95.6 Å². The molecule has 1 radical (unpaired) electrons. The maximum Gasteiger partial charge on any atom is 2.00 e. The van der Waals surface area contributed by atoms with Gasteiger partial charge in [-0.25, -0.2) is 0 Å². The number of aliphatic hydroxyl groups excluding tert-OH is 2. The number of nitrogens with zero attached hydrogens (tertiary/aromatic N) is 4. The summed E-state index contributed by atoms with van der Waals surface area (Å²) in [6.45, 7) is 8.15. The third-order valence-electron chi connectivity index (χ3n) is 3.94. The van der Waals surface area contributed by atoms with Crippen LogP contribution in [0.15, 0.2) is 0 Å². The summed E-state index contributed by atoms with van der Waals surface area (Å²) in [7, 11) is 16.7. The van der Waals surface area contributed by atoms with Gasteiger partial charge in [-0.1, -0.05) is 13.8 Å². The van der Waals surface area contributed by atoms with Crippen molar-refractivity contribution in [2.24, 2.45) is 5.41 Å². The zero-order chi connectivity index (χ0) is 26.8. The van der Waals surface area contributed by atoms with Gasteiger partial charge in [0, 0.05) is 39.3 Å². The Morgan fingerprint density at radius 2 is 0.789 bits per heavy atom. The summed E-state index contributed by atoms with van der Waals surface area (Å²) in [5.41, 5.74) is -0.574. The molecule has 245 valence electrons. The van der Waals surface area contributed by atoms with E-state index in [9.17, 15) is 9.59 Å².